The topological polar surface area (TPSA) is 80.7 Å². The van der Waals surface area contributed by atoms with E-state index >= 15 is 0 Å². The highest BCUT2D eigenvalue weighted by Gasteiger charge is 2.31. The zero-order chi connectivity index (χ0) is 24.0. The number of nitrogens with zero attached hydrogens (tertiary/aromatic N) is 5. The number of para-hydroxylation sites is 2. The summed E-state index contributed by atoms with van der Waals surface area (Å²) >= 11 is 0. The molecule has 1 unspecified atom stereocenters. The summed E-state index contributed by atoms with van der Waals surface area (Å²) in [7, 11) is 0. The second-order valence-electron chi connectivity index (χ2n) is 9.56. The monoisotopic (exact) mass is 475 g/mol. The van der Waals surface area contributed by atoms with Crippen molar-refractivity contribution in [1.82, 2.24) is 24.8 Å². The van der Waals surface area contributed by atoms with Gasteiger partial charge in [0.25, 0.3) is 0 Å². The molecule has 8 heteroatoms. The Morgan fingerprint density at radius 2 is 1.86 bits per heavy atom. The molecule has 4 heterocycles. The maximum atomic E-state index is 13.4. The van der Waals surface area contributed by atoms with E-state index in [9.17, 15) is 4.79 Å². The van der Waals surface area contributed by atoms with Crippen LogP contribution < -0.4 is 0 Å². The number of benzene rings is 1. The number of fused-ring (bicyclic) bond motifs is 1. The molecule has 8 nitrogen and oxygen atoms in total. The van der Waals surface area contributed by atoms with Crippen molar-refractivity contribution in [1.29, 1.82) is 0 Å². The van der Waals surface area contributed by atoms with Gasteiger partial charge in [-0.05, 0) is 49.4 Å². The first-order valence-electron chi connectivity index (χ1n) is 12.4. The van der Waals surface area contributed by atoms with Gasteiger partial charge in [0.1, 0.15) is 0 Å². The molecule has 1 aromatic carbocycles. The van der Waals surface area contributed by atoms with Crippen molar-refractivity contribution in [3.8, 4) is 0 Å². The lowest BCUT2D eigenvalue weighted by Crippen LogP contribution is -2.42. The number of pyridine rings is 1. The first-order chi connectivity index (χ1) is 17.1. The van der Waals surface area contributed by atoms with Crippen LogP contribution in [-0.2, 0) is 27.4 Å². The Bertz CT molecular complexity index is 1140. The van der Waals surface area contributed by atoms with Gasteiger partial charge in [-0.25, -0.2) is 9.97 Å². The van der Waals surface area contributed by atoms with Crippen LogP contribution in [0.4, 0.5) is 0 Å². The SMILES string of the molecule is Cc1nc2ccccc2nc1CN1CC(=O)N(CC2CCOCC2)CC(OCc2cccnc2)C1. The molecule has 2 aromatic heterocycles. The third kappa shape index (κ3) is 6.20. The normalized spacial score (nSPS) is 20.3. The Hall–Kier alpha value is -2.94. The Kier molecular flexibility index (Phi) is 7.61. The van der Waals surface area contributed by atoms with Gasteiger partial charge in [0.05, 0.1) is 41.7 Å². The van der Waals surface area contributed by atoms with Crippen molar-refractivity contribution in [3.63, 3.8) is 0 Å². The van der Waals surface area contributed by atoms with Gasteiger partial charge in [0.15, 0.2) is 0 Å². The van der Waals surface area contributed by atoms with Crippen molar-refractivity contribution < 1.29 is 14.3 Å². The Morgan fingerprint density at radius 3 is 2.63 bits per heavy atom. The largest absolute Gasteiger partial charge is 0.381 e. The molecule has 184 valence electrons. The average Bonchev–Trinajstić information content (AvgIpc) is 3.02. The number of amides is 1. The molecule has 2 saturated heterocycles. The van der Waals surface area contributed by atoms with Crippen molar-refractivity contribution in [2.45, 2.75) is 39.0 Å². The predicted molar refractivity (Wildman–Crippen MR) is 132 cm³/mol. The molecule has 5 rings (SSSR count). The van der Waals surface area contributed by atoms with Crippen LogP contribution in [-0.4, -0.2) is 76.2 Å². The number of aryl methyl sites for hydroxylation is 1. The number of carbonyl (C=O) groups is 1. The lowest BCUT2D eigenvalue weighted by Gasteiger charge is -2.30. The summed E-state index contributed by atoms with van der Waals surface area (Å²) < 4.78 is 11.9. The number of aromatic nitrogens is 3. The van der Waals surface area contributed by atoms with E-state index in [1.54, 1.807) is 6.20 Å². The fourth-order valence-corrected chi connectivity index (χ4v) is 4.88. The van der Waals surface area contributed by atoms with Gasteiger partial charge in [0, 0.05) is 51.8 Å². The van der Waals surface area contributed by atoms with Gasteiger partial charge in [-0.15, -0.1) is 0 Å². The minimum Gasteiger partial charge on any atom is -0.381 e. The molecule has 0 bridgehead atoms. The quantitative estimate of drug-likeness (QED) is 0.520. The lowest BCUT2D eigenvalue weighted by molar-refractivity contribution is -0.133. The van der Waals surface area contributed by atoms with Crippen LogP contribution in [0.15, 0.2) is 48.8 Å². The minimum atomic E-state index is -0.102. The molecule has 3 aromatic rings. The summed E-state index contributed by atoms with van der Waals surface area (Å²) in [4.78, 5) is 31.3. The maximum Gasteiger partial charge on any atom is 0.236 e. The van der Waals surface area contributed by atoms with Crippen LogP contribution in [0.1, 0.15) is 29.8 Å². The van der Waals surface area contributed by atoms with E-state index in [4.69, 9.17) is 19.4 Å². The summed E-state index contributed by atoms with van der Waals surface area (Å²) in [6.45, 7) is 6.94. The Balaban J connectivity index is 1.33. The second kappa shape index (κ2) is 11.2. The predicted octanol–water partition coefficient (Wildman–Crippen LogP) is 2.99. The number of carbonyl (C=O) groups excluding carboxylic acids is 1. The lowest BCUT2D eigenvalue weighted by atomic mass is 9.99. The van der Waals surface area contributed by atoms with Gasteiger partial charge in [-0.3, -0.25) is 14.7 Å². The fourth-order valence-electron chi connectivity index (χ4n) is 4.88. The molecule has 0 N–H and O–H groups in total. The van der Waals surface area contributed by atoms with Crippen LogP contribution in [0.2, 0.25) is 0 Å². The van der Waals surface area contributed by atoms with Crippen molar-refractivity contribution >= 4 is 16.9 Å². The third-order valence-electron chi connectivity index (χ3n) is 6.84. The van der Waals surface area contributed by atoms with Crippen LogP contribution in [0.5, 0.6) is 0 Å². The molecule has 2 aliphatic heterocycles. The van der Waals surface area contributed by atoms with Crippen LogP contribution in [0, 0.1) is 12.8 Å². The molecular formula is C27H33N5O3. The Labute approximate surface area is 206 Å². The van der Waals surface area contributed by atoms with Gasteiger partial charge in [0.2, 0.25) is 5.91 Å². The molecule has 0 aliphatic carbocycles. The van der Waals surface area contributed by atoms with E-state index in [0.29, 0.717) is 38.7 Å². The minimum absolute atomic E-state index is 0.102. The number of hydrogen-bond acceptors (Lipinski definition) is 7. The van der Waals surface area contributed by atoms with Crippen LogP contribution >= 0.6 is 0 Å². The molecule has 2 fully saturated rings. The number of rotatable bonds is 7. The van der Waals surface area contributed by atoms with Crippen LogP contribution in [0.3, 0.4) is 0 Å². The van der Waals surface area contributed by atoms with Gasteiger partial charge < -0.3 is 14.4 Å². The second-order valence-corrected chi connectivity index (χ2v) is 9.56. The molecule has 1 amide bonds. The first kappa shape index (κ1) is 23.8. The molecule has 2 aliphatic rings. The summed E-state index contributed by atoms with van der Waals surface area (Å²) in [6.07, 6.45) is 5.49. The van der Waals surface area contributed by atoms with Gasteiger partial charge >= 0.3 is 0 Å². The first-order valence-corrected chi connectivity index (χ1v) is 12.4. The van der Waals surface area contributed by atoms with Crippen LogP contribution in [0.25, 0.3) is 11.0 Å². The molecule has 35 heavy (non-hydrogen) atoms. The van der Waals surface area contributed by atoms with Crippen molar-refractivity contribution in [2.75, 3.05) is 39.4 Å². The number of ether oxygens (including phenoxy) is 2. The third-order valence-corrected chi connectivity index (χ3v) is 6.84. The Morgan fingerprint density at radius 1 is 1.06 bits per heavy atom. The van der Waals surface area contributed by atoms with Gasteiger partial charge in [-0.1, -0.05) is 18.2 Å². The van der Waals surface area contributed by atoms with E-state index in [1.165, 1.54) is 0 Å². The molecule has 1 atom stereocenters. The smallest absolute Gasteiger partial charge is 0.236 e. The molecular weight excluding hydrogens is 442 g/mol. The molecule has 0 spiro atoms. The highest BCUT2D eigenvalue weighted by atomic mass is 16.5. The summed E-state index contributed by atoms with van der Waals surface area (Å²) in [5.74, 6) is 0.627. The molecule has 0 saturated carbocycles. The van der Waals surface area contributed by atoms with E-state index in [0.717, 1.165) is 60.6 Å². The average molecular weight is 476 g/mol. The number of hydrogen-bond donors (Lipinski definition) is 0. The zero-order valence-corrected chi connectivity index (χ0v) is 20.3. The maximum absolute atomic E-state index is 13.4. The zero-order valence-electron chi connectivity index (χ0n) is 20.3. The van der Waals surface area contributed by atoms with E-state index < -0.39 is 0 Å². The molecule has 0 radical (unpaired) electrons. The highest BCUT2D eigenvalue weighted by Crippen LogP contribution is 2.20. The fraction of sp³-hybridized carbons (Fsp3) is 0.481. The standard InChI is InChI=1S/C27H33N5O3/c1-20-26(30-25-7-3-2-6-24(25)29-20)17-31-15-23(35-19-22-5-4-10-28-13-22)16-32(27(33)18-31)14-21-8-11-34-12-9-21/h2-7,10,13,21,23H,8-9,11-12,14-19H2,1H3. The van der Waals surface area contributed by atoms with E-state index in [-0.39, 0.29) is 12.0 Å². The van der Waals surface area contributed by atoms with Gasteiger partial charge in [-0.2, -0.15) is 0 Å². The van der Waals surface area contributed by atoms with E-state index in [1.807, 2.05) is 54.4 Å². The summed E-state index contributed by atoms with van der Waals surface area (Å²) in [5, 5.41) is 0. The van der Waals surface area contributed by atoms with E-state index in [2.05, 4.69) is 9.88 Å². The highest BCUT2D eigenvalue weighted by molar-refractivity contribution is 5.78. The van der Waals surface area contributed by atoms with Crippen molar-refractivity contribution in [3.05, 3.63) is 65.7 Å². The van der Waals surface area contributed by atoms with Crippen molar-refractivity contribution in [2.24, 2.45) is 5.92 Å². The summed E-state index contributed by atoms with van der Waals surface area (Å²) in [6, 6.07) is 11.8. The summed E-state index contributed by atoms with van der Waals surface area (Å²) in [5.41, 5.74) is 4.59.